The van der Waals surface area contributed by atoms with Gasteiger partial charge in [0, 0.05) is 24.6 Å². The molecule has 1 aliphatic heterocycles. The van der Waals surface area contributed by atoms with Crippen molar-refractivity contribution in [1.82, 2.24) is 0 Å². The highest BCUT2D eigenvalue weighted by molar-refractivity contribution is 7.90. The summed E-state index contributed by atoms with van der Waals surface area (Å²) >= 11 is 0. The van der Waals surface area contributed by atoms with Crippen molar-refractivity contribution in [2.24, 2.45) is 0 Å². The third kappa shape index (κ3) is 4.29. The molecule has 0 amide bonds. The number of rotatable bonds is 4. The number of hydrogen-bond donors (Lipinski definition) is 0. The van der Waals surface area contributed by atoms with Crippen molar-refractivity contribution in [1.29, 1.82) is 0 Å². The summed E-state index contributed by atoms with van der Waals surface area (Å²) in [4.78, 5) is -0.0558. The van der Waals surface area contributed by atoms with Crippen LogP contribution < -0.4 is 10.2 Å². The summed E-state index contributed by atoms with van der Waals surface area (Å²) in [5.74, 6) is -2.44. The van der Waals surface area contributed by atoms with Crippen LogP contribution >= 0.6 is 0 Å². The number of halogens is 2. The van der Waals surface area contributed by atoms with E-state index in [0.717, 1.165) is 6.26 Å². The molecule has 1 heterocycles. The average Bonchev–Trinajstić information content (AvgIpc) is 2.76. The van der Waals surface area contributed by atoms with Gasteiger partial charge in [-0.3, -0.25) is 0 Å². The van der Waals surface area contributed by atoms with Crippen molar-refractivity contribution in [3.63, 3.8) is 0 Å². The van der Waals surface area contributed by atoms with Crippen LogP contribution in [0.15, 0.2) is 11.0 Å². The van der Waals surface area contributed by atoms with E-state index < -0.39 is 40.2 Å². The Kier molecular flexibility index (Phi) is 5.23. The molecule has 2 fully saturated rings. The van der Waals surface area contributed by atoms with Gasteiger partial charge in [-0.05, 0) is 58.7 Å². The van der Waals surface area contributed by atoms with Crippen LogP contribution in [0.3, 0.4) is 0 Å². The van der Waals surface area contributed by atoms with Crippen LogP contribution in [0.1, 0.15) is 53.4 Å². The van der Waals surface area contributed by atoms with Gasteiger partial charge >= 0.3 is 7.12 Å². The topological polar surface area (TPSA) is 61.8 Å². The van der Waals surface area contributed by atoms with Gasteiger partial charge < -0.3 is 14.0 Å². The first-order valence-electron chi connectivity index (χ1n) is 9.28. The first-order chi connectivity index (χ1) is 12.7. The molecule has 1 aromatic rings. The summed E-state index contributed by atoms with van der Waals surface area (Å²) in [6, 6.07) is 6.73. The third-order valence-corrected chi connectivity index (χ3v) is 6.72. The van der Waals surface area contributed by atoms with Crippen molar-refractivity contribution < 1.29 is 31.2 Å². The maximum absolute atomic E-state index is 13.4. The quantitative estimate of drug-likeness (QED) is 0.710. The van der Waals surface area contributed by atoms with E-state index in [2.05, 4.69) is 12.1 Å². The Morgan fingerprint density at radius 1 is 1.11 bits per heavy atom. The predicted octanol–water partition coefficient (Wildman–Crippen LogP) is 2.95. The van der Waals surface area contributed by atoms with Crippen molar-refractivity contribution >= 4 is 22.4 Å². The molecule has 9 heteroatoms. The van der Waals surface area contributed by atoms with Crippen LogP contribution in [-0.4, -0.2) is 45.0 Å². The van der Waals surface area contributed by atoms with Crippen molar-refractivity contribution in [3.8, 4) is 5.75 Å². The van der Waals surface area contributed by atoms with E-state index in [1.165, 1.54) is 6.07 Å². The van der Waals surface area contributed by atoms with E-state index in [1.807, 2.05) is 27.7 Å². The lowest BCUT2D eigenvalue weighted by molar-refractivity contribution is -0.0581. The lowest BCUT2D eigenvalue weighted by Crippen LogP contribution is -2.41. The maximum atomic E-state index is 13.4. The van der Waals surface area contributed by atoms with Crippen LogP contribution in [-0.2, 0) is 19.1 Å². The number of sulfone groups is 1. The Balaban J connectivity index is 1.92. The molecule has 5 nitrogen and oxygen atoms in total. The minimum atomic E-state index is -3.53. The molecule has 0 N–H and O–H groups in total. The Morgan fingerprint density at radius 2 is 1.64 bits per heavy atom. The Hall–Kier alpha value is -1.37. The first kappa shape index (κ1) is 21.3. The second kappa shape index (κ2) is 6.86. The predicted molar refractivity (Wildman–Crippen MR) is 101 cm³/mol. The largest absolute Gasteiger partial charge is 0.499 e. The van der Waals surface area contributed by atoms with Gasteiger partial charge in [0.15, 0.2) is 15.6 Å². The highest BCUT2D eigenvalue weighted by atomic mass is 32.2. The number of alkyl halides is 2. The van der Waals surface area contributed by atoms with Crippen molar-refractivity contribution in [2.45, 2.75) is 81.5 Å². The van der Waals surface area contributed by atoms with Crippen LogP contribution in [0.2, 0.25) is 0 Å². The van der Waals surface area contributed by atoms with Gasteiger partial charge in [-0.1, -0.05) is 0 Å². The smallest absolute Gasteiger partial charge is 0.483 e. The van der Waals surface area contributed by atoms with Crippen molar-refractivity contribution in [3.05, 3.63) is 18.2 Å². The second-order valence-electron chi connectivity index (χ2n) is 8.58. The molecule has 1 saturated carbocycles. The normalized spacial score (nSPS) is 24.0. The minimum absolute atomic E-state index is 0.0558. The molecule has 2 aliphatic rings. The monoisotopic (exact) mass is 414 g/mol. The molecule has 0 spiro atoms. The highest BCUT2D eigenvalue weighted by Gasteiger charge is 2.53. The molecule has 0 unspecified atom stereocenters. The molecule has 0 radical (unpaired) electrons. The van der Waals surface area contributed by atoms with Crippen LogP contribution in [0.4, 0.5) is 8.78 Å². The van der Waals surface area contributed by atoms with E-state index in [-0.39, 0.29) is 36.3 Å². The molecule has 0 atom stereocenters. The Morgan fingerprint density at radius 3 is 2.14 bits per heavy atom. The van der Waals surface area contributed by atoms with Gasteiger partial charge in [0.25, 0.3) is 0 Å². The molecule has 1 aliphatic carbocycles. The zero-order valence-electron chi connectivity index (χ0n) is 16.8. The van der Waals surface area contributed by atoms with E-state index in [0.29, 0.717) is 5.46 Å². The van der Waals surface area contributed by atoms with Crippen molar-refractivity contribution in [2.75, 3.05) is 6.26 Å². The fourth-order valence-corrected chi connectivity index (χ4v) is 3.75. The first-order valence-corrected chi connectivity index (χ1v) is 11.2. The SMILES string of the molecule is CC1(C)OB(c2cc(S(C)(=O)=O)c#cc2OC2CCC(F)(F)CC2)OC1(C)C. The van der Waals surface area contributed by atoms with Gasteiger partial charge in [-0.15, -0.1) is 0 Å². The molecule has 154 valence electrons. The van der Waals surface area contributed by atoms with E-state index in [1.54, 1.807) is 0 Å². The van der Waals surface area contributed by atoms with Gasteiger partial charge in [0.05, 0.1) is 17.3 Å². The van der Waals surface area contributed by atoms with Crippen LogP contribution in [0, 0.1) is 12.1 Å². The van der Waals surface area contributed by atoms with Gasteiger partial charge in [-0.2, -0.15) is 0 Å². The zero-order chi connectivity index (χ0) is 21.0. The van der Waals surface area contributed by atoms with Gasteiger partial charge in [-0.25, -0.2) is 17.2 Å². The number of ether oxygens (including phenoxy) is 1. The van der Waals surface area contributed by atoms with E-state index >= 15 is 0 Å². The lowest BCUT2D eigenvalue weighted by atomic mass is 9.78. The van der Waals surface area contributed by atoms with E-state index in [9.17, 15) is 17.2 Å². The second-order valence-corrected chi connectivity index (χ2v) is 10.6. The molecule has 3 rings (SSSR count). The summed E-state index contributed by atoms with van der Waals surface area (Å²) in [7, 11) is -4.39. The molecular formula is C19H25BF2O5S. The summed E-state index contributed by atoms with van der Waals surface area (Å²) in [6.45, 7) is 7.53. The summed E-state index contributed by atoms with van der Waals surface area (Å²) in [5, 5.41) is 0. The summed E-state index contributed by atoms with van der Waals surface area (Å²) < 4.78 is 68.8. The zero-order valence-corrected chi connectivity index (χ0v) is 17.6. The molecule has 1 saturated heterocycles. The fourth-order valence-electron chi connectivity index (χ4n) is 3.17. The van der Waals surface area contributed by atoms with Gasteiger partial charge in [0.1, 0.15) is 4.90 Å². The molecule has 28 heavy (non-hydrogen) atoms. The fraction of sp³-hybridized carbons (Fsp3) is 0.684. The average molecular weight is 414 g/mol. The lowest BCUT2D eigenvalue weighted by Gasteiger charge is -2.32. The van der Waals surface area contributed by atoms with Crippen LogP contribution in [0.25, 0.3) is 0 Å². The van der Waals surface area contributed by atoms with E-state index in [4.69, 9.17) is 14.0 Å². The molecule has 1 aromatic carbocycles. The standard InChI is InChI=1S/C19H25BF2O5S/c1-17(2)18(3,4)27-20(26-17)15-12-14(28(5,23)24)6-7-16(15)25-13-8-10-19(21,22)11-9-13/h12-13H,8-11H2,1-5H3. The summed E-state index contributed by atoms with van der Waals surface area (Å²) in [6.07, 6.45) is 0.595. The number of hydrogen-bond acceptors (Lipinski definition) is 5. The molecule has 0 bridgehead atoms. The Bertz CT molecular complexity index is 828. The molecule has 0 aromatic heterocycles. The Labute approximate surface area is 165 Å². The highest BCUT2D eigenvalue weighted by Crippen LogP contribution is 2.38. The summed E-state index contributed by atoms with van der Waals surface area (Å²) in [5.41, 5.74) is -0.894. The minimum Gasteiger partial charge on any atom is -0.483 e. The van der Waals surface area contributed by atoms with Crippen LogP contribution in [0.5, 0.6) is 5.75 Å². The maximum Gasteiger partial charge on any atom is 0.499 e. The third-order valence-electron chi connectivity index (χ3n) is 5.70. The molecular weight excluding hydrogens is 389 g/mol. The van der Waals surface area contributed by atoms with Gasteiger partial charge in [0.2, 0.25) is 5.92 Å².